The molecule has 0 saturated carbocycles. The summed E-state index contributed by atoms with van der Waals surface area (Å²) in [4.78, 5) is 55.8. The maximum Gasteiger partial charge on any atom is 0.490 e. The normalized spacial score (nSPS) is 16.5. The Labute approximate surface area is 297 Å². The number of amides is 3. The third-order valence-corrected chi connectivity index (χ3v) is 9.31. The fourth-order valence-corrected chi connectivity index (χ4v) is 6.42. The molecule has 1 spiro atoms. The summed E-state index contributed by atoms with van der Waals surface area (Å²) in [5.74, 6) is -6.51. The van der Waals surface area contributed by atoms with E-state index in [1.807, 2.05) is 4.90 Å². The molecular formula is C33H31ClF5N7O6. The first-order chi connectivity index (χ1) is 24.5. The lowest BCUT2D eigenvalue weighted by molar-refractivity contribution is -0.192. The molecule has 0 unspecified atom stereocenters. The van der Waals surface area contributed by atoms with Crippen LogP contribution in [-0.4, -0.2) is 100 Å². The minimum Gasteiger partial charge on any atom is -0.476 e. The van der Waals surface area contributed by atoms with Gasteiger partial charge in [-0.05, 0) is 43.2 Å². The van der Waals surface area contributed by atoms with Gasteiger partial charge in [0.25, 0.3) is 11.8 Å². The molecule has 4 heterocycles. The van der Waals surface area contributed by atoms with E-state index < -0.39 is 42.0 Å². The number of ether oxygens (including phenoxy) is 1. The third kappa shape index (κ3) is 7.95. The van der Waals surface area contributed by atoms with Gasteiger partial charge in [0.05, 0.1) is 22.5 Å². The van der Waals surface area contributed by atoms with Crippen molar-refractivity contribution in [1.82, 2.24) is 24.7 Å². The fourth-order valence-electron chi connectivity index (χ4n) is 6.15. The number of anilines is 1. The highest BCUT2D eigenvalue weighted by Crippen LogP contribution is 2.36. The molecule has 3 aliphatic heterocycles. The van der Waals surface area contributed by atoms with Crippen LogP contribution in [-0.2, 0) is 16.6 Å². The molecule has 3 aliphatic rings. The third-order valence-electron chi connectivity index (χ3n) is 9.00. The average molecular weight is 752 g/mol. The van der Waals surface area contributed by atoms with Gasteiger partial charge in [0.2, 0.25) is 11.7 Å². The van der Waals surface area contributed by atoms with Crippen LogP contribution >= 0.6 is 11.6 Å². The number of nitrogens with zero attached hydrogens (tertiary/aromatic N) is 5. The van der Waals surface area contributed by atoms with Crippen molar-refractivity contribution in [3.8, 4) is 23.1 Å². The van der Waals surface area contributed by atoms with E-state index in [1.54, 1.807) is 17.0 Å². The molecule has 2 aromatic carbocycles. The van der Waals surface area contributed by atoms with Gasteiger partial charge in [-0.3, -0.25) is 14.4 Å². The molecule has 0 bridgehead atoms. The number of piperidine rings is 1. The Morgan fingerprint density at radius 1 is 1.10 bits per heavy atom. The van der Waals surface area contributed by atoms with Crippen LogP contribution in [0.5, 0.6) is 5.75 Å². The van der Waals surface area contributed by atoms with Crippen molar-refractivity contribution in [1.29, 1.82) is 5.26 Å². The monoisotopic (exact) mass is 751 g/mol. The number of benzene rings is 2. The van der Waals surface area contributed by atoms with E-state index in [1.165, 1.54) is 42.1 Å². The summed E-state index contributed by atoms with van der Waals surface area (Å²) in [5, 5.41) is 21.8. The number of rotatable bonds is 7. The Kier molecular flexibility index (Phi) is 11.1. The number of imidazole rings is 1. The molecule has 6 rings (SSSR count). The summed E-state index contributed by atoms with van der Waals surface area (Å²) in [6.45, 7) is 4.02. The SMILES string of the molecule is Cn1c(-c2ccc(OCC#N)c(F)c2F)cnc1C(=O)Nc1ccc(C(=O)N2CCC(C(=O)N3CC4(CNC4)C3)CC2)c(Cl)c1.O=C(O)C(F)(F)F. The second-order valence-electron chi connectivity index (χ2n) is 12.5. The Hall–Kier alpha value is -5.28. The second kappa shape index (κ2) is 15.1. The van der Waals surface area contributed by atoms with Crippen LogP contribution in [0.1, 0.15) is 33.8 Å². The first-order valence-electron chi connectivity index (χ1n) is 15.7. The maximum atomic E-state index is 14.8. The predicted octanol–water partition coefficient (Wildman–Crippen LogP) is 4.09. The van der Waals surface area contributed by atoms with Gasteiger partial charge in [-0.1, -0.05) is 11.6 Å². The van der Waals surface area contributed by atoms with E-state index in [2.05, 4.69) is 15.6 Å². The number of nitrogens with one attached hydrogen (secondary N) is 2. The van der Waals surface area contributed by atoms with Gasteiger partial charge in [0, 0.05) is 68.9 Å². The number of carboxylic acids is 1. The van der Waals surface area contributed by atoms with Crippen LogP contribution in [0.2, 0.25) is 5.02 Å². The van der Waals surface area contributed by atoms with Crippen LogP contribution < -0.4 is 15.4 Å². The average Bonchev–Trinajstić information content (AvgIpc) is 3.44. The minimum absolute atomic E-state index is 0.0824. The first kappa shape index (κ1) is 38.0. The molecule has 19 heteroatoms. The Balaban J connectivity index is 0.000000679. The maximum absolute atomic E-state index is 14.8. The number of likely N-dealkylation sites (tertiary alicyclic amines) is 2. The molecule has 3 amide bonds. The summed E-state index contributed by atoms with van der Waals surface area (Å²) in [6.07, 6.45) is -2.65. The van der Waals surface area contributed by atoms with E-state index in [0.29, 0.717) is 31.6 Å². The topological polar surface area (TPSA) is 170 Å². The summed E-state index contributed by atoms with van der Waals surface area (Å²) in [7, 11) is 1.48. The number of aliphatic carboxylic acids is 1. The number of aromatic nitrogens is 2. The fraction of sp³-hybridized carbons (Fsp3) is 0.394. The van der Waals surface area contributed by atoms with Crippen LogP contribution in [0, 0.1) is 34.3 Å². The number of carbonyl (C=O) groups is 4. The van der Waals surface area contributed by atoms with Crippen molar-refractivity contribution in [2.75, 3.05) is 51.2 Å². The van der Waals surface area contributed by atoms with E-state index in [0.717, 1.165) is 26.2 Å². The predicted molar refractivity (Wildman–Crippen MR) is 173 cm³/mol. The number of hydrogen-bond acceptors (Lipinski definition) is 8. The number of halogens is 6. The Bertz CT molecular complexity index is 1930. The van der Waals surface area contributed by atoms with Crippen molar-refractivity contribution in [2.24, 2.45) is 18.4 Å². The minimum atomic E-state index is -5.08. The number of carboxylic acid groups (broad SMARTS) is 1. The smallest absolute Gasteiger partial charge is 0.476 e. The van der Waals surface area contributed by atoms with Gasteiger partial charge in [-0.15, -0.1) is 0 Å². The van der Waals surface area contributed by atoms with Crippen molar-refractivity contribution in [3.63, 3.8) is 0 Å². The van der Waals surface area contributed by atoms with Crippen molar-refractivity contribution in [2.45, 2.75) is 19.0 Å². The molecule has 3 fully saturated rings. The van der Waals surface area contributed by atoms with Crippen LogP contribution in [0.25, 0.3) is 11.3 Å². The number of hydrogen-bond donors (Lipinski definition) is 3. The molecular weight excluding hydrogens is 721 g/mol. The van der Waals surface area contributed by atoms with Crippen LogP contribution in [0.4, 0.5) is 27.6 Å². The van der Waals surface area contributed by atoms with Gasteiger partial charge in [-0.25, -0.2) is 14.2 Å². The second-order valence-corrected chi connectivity index (χ2v) is 12.9. The van der Waals surface area contributed by atoms with Crippen molar-refractivity contribution < 1.29 is 51.0 Å². The highest BCUT2D eigenvalue weighted by Gasteiger charge is 2.50. The lowest BCUT2D eigenvalue weighted by atomic mass is 9.74. The van der Waals surface area contributed by atoms with E-state index in [9.17, 15) is 36.3 Å². The molecule has 276 valence electrons. The van der Waals surface area contributed by atoms with Crippen LogP contribution in [0.3, 0.4) is 0 Å². The van der Waals surface area contributed by atoms with Crippen LogP contribution in [0.15, 0.2) is 36.5 Å². The first-order valence-corrected chi connectivity index (χ1v) is 16.1. The Morgan fingerprint density at radius 3 is 2.31 bits per heavy atom. The standard InChI is InChI=1S/C31H30ClF2N7O4.C2HF3O2/c1-39-23(21-4-5-24(45-11-8-35)26(34)25(21)33)13-37-27(39)28(42)38-19-2-3-20(22(32)12-19)30(44)40-9-6-18(7-10-40)29(43)41-16-31(17-41)14-36-15-31;3-2(4,5)1(6)7/h2-5,12-13,18,36H,6-7,9-11,14-17H2,1H3,(H,38,42);(H,6,7). The van der Waals surface area contributed by atoms with Gasteiger partial charge in [0.15, 0.2) is 24.0 Å². The molecule has 0 atom stereocenters. The zero-order chi connectivity index (χ0) is 38.0. The zero-order valence-electron chi connectivity index (χ0n) is 27.4. The molecule has 0 radical (unpaired) electrons. The van der Waals surface area contributed by atoms with Gasteiger partial charge in [-0.2, -0.15) is 22.8 Å². The molecule has 0 aliphatic carbocycles. The van der Waals surface area contributed by atoms with E-state index in [4.69, 9.17) is 31.5 Å². The lowest BCUT2D eigenvalue weighted by Crippen LogP contribution is -2.72. The van der Waals surface area contributed by atoms with E-state index in [-0.39, 0.29) is 50.8 Å². The highest BCUT2D eigenvalue weighted by atomic mass is 35.5. The van der Waals surface area contributed by atoms with Gasteiger partial charge < -0.3 is 34.8 Å². The lowest BCUT2D eigenvalue weighted by Gasteiger charge is -2.56. The molecule has 3 N–H and O–H groups in total. The van der Waals surface area contributed by atoms with E-state index >= 15 is 0 Å². The summed E-state index contributed by atoms with van der Waals surface area (Å²) in [5.41, 5.74) is 0.849. The molecule has 3 aromatic rings. The summed E-state index contributed by atoms with van der Waals surface area (Å²) >= 11 is 6.47. The largest absolute Gasteiger partial charge is 0.490 e. The van der Waals surface area contributed by atoms with Crippen molar-refractivity contribution in [3.05, 3.63) is 64.6 Å². The number of alkyl halides is 3. The highest BCUT2D eigenvalue weighted by molar-refractivity contribution is 6.34. The van der Waals surface area contributed by atoms with Crippen molar-refractivity contribution >= 4 is 41.0 Å². The summed E-state index contributed by atoms with van der Waals surface area (Å²) in [6, 6.07) is 8.68. The van der Waals surface area contributed by atoms with Gasteiger partial charge >= 0.3 is 12.1 Å². The Morgan fingerprint density at radius 2 is 1.75 bits per heavy atom. The molecule has 13 nitrogen and oxygen atoms in total. The number of carbonyl (C=O) groups excluding carboxylic acids is 3. The molecule has 52 heavy (non-hydrogen) atoms. The summed E-state index contributed by atoms with van der Waals surface area (Å²) < 4.78 is 67.2. The van der Waals surface area contributed by atoms with Gasteiger partial charge in [0.1, 0.15) is 6.07 Å². The molecule has 3 saturated heterocycles. The quantitative estimate of drug-likeness (QED) is 0.301. The molecule has 1 aromatic heterocycles. The zero-order valence-corrected chi connectivity index (χ0v) is 28.2. The number of nitriles is 1.